The van der Waals surface area contributed by atoms with Gasteiger partial charge in [-0.25, -0.2) is 8.42 Å². The second kappa shape index (κ2) is 12.9. The Labute approximate surface area is 232 Å². The van der Waals surface area contributed by atoms with E-state index in [0.717, 1.165) is 33.0 Å². The summed E-state index contributed by atoms with van der Waals surface area (Å²) in [5, 5.41) is 2.96. The summed E-state index contributed by atoms with van der Waals surface area (Å²) in [5.74, 6) is -0.749. The summed E-state index contributed by atoms with van der Waals surface area (Å²) >= 11 is 0. The van der Waals surface area contributed by atoms with Gasteiger partial charge in [-0.05, 0) is 81.5 Å². The minimum atomic E-state index is -4.09. The predicted molar refractivity (Wildman–Crippen MR) is 156 cm³/mol. The number of carbonyl (C=O) groups excluding carboxylic acids is 2. The molecule has 0 heterocycles. The Morgan fingerprint density at radius 3 is 2.15 bits per heavy atom. The summed E-state index contributed by atoms with van der Waals surface area (Å²) < 4.78 is 29.0. The first kappa shape index (κ1) is 29.9. The number of carbonyl (C=O) groups is 2. The Hall–Kier alpha value is -3.65. The molecule has 2 atom stereocenters. The molecule has 208 valence electrons. The molecule has 8 heteroatoms. The molecule has 0 fully saturated rings. The summed E-state index contributed by atoms with van der Waals surface area (Å²) in [6.07, 6.45) is 0.750. The predicted octanol–water partition coefficient (Wildman–Crippen LogP) is 5.14. The van der Waals surface area contributed by atoms with Crippen molar-refractivity contribution in [3.05, 3.63) is 95.1 Å². The van der Waals surface area contributed by atoms with Crippen molar-refractivity contribution in [2.45, 2.75) is 71.5 Å². The van der Waals surface area contributed by atoms with Gasteiger partial charge < -0.3 is 10.2 Å². The molecule has 0 aliphatic rings. The van der Waals surface area contributed by atoms with Crippen LogP contribution in [0.15, 0.2) is 77.7 Å². The van der Waals surface area contributed by atoms with E-state index in [4.69, 9.17) is 0 Å². The van der Waals surface area contributed by atoms with Gasteiger partial charge in [0.2, 0.25) is 11.8 Å². The summed E-state index contributed by atoms with van der Waals surface area (Å²) in [6.45, 7) is 10.9. The van der Waals surface area contributed by atoms with E-state index in [-0.39, 0.29) is 23.4 Å². The highest BCUT2D eigenvalue weighted by Gasteiger charge is 2.33. The van der Waals surface area contributed by atoms with Crippen LogP contribution in [0.25, 0.3) is 0 Å². The molecule has 0 bridgehead atoms. The highest BCUT2D eigenvalue weighted by atomic mass is 32.2. The fraction of sp³-hybridized carbons (Fsp3) is 0.355. The van der Waals surface area contributed by atoms with Crippen LogP contribution in [-0.2, 0) is 26.2 Å². The first-order valence-corrected chi connectivity index (χ1v) is 14.7. The molecule has 0 spiro atoms. The molecule has 0 aromatic heterocycles. The second-order valence-corrected chi connectivity index (χ2v) is 11.9. The minimum Gasteiger partial charge on any atom is -0.352 e. The third-order valence-electron chi connectivity index (χ3n) is 7.01. The van der Waals surface area contributed by atoms with Crippen LogP contribution in [0.2, 0.25) is 0 Å². The number of rotatable bonds is 11. The van der Waals surface area contributed by atoms with Crippen LogP contribution in [0.4, 0.5) is 5.69 Å². The molecule has 0 saturated carbocycles. The molecular weight excluding hydrogens is 510 g/mol. The fourth-order valence-corrected chi connectivity index (χ4v) is 5.73. The topological polar surface area (TPSA) is 86.8 Å². The quantitative estimate of drug-likeness (QED) is 0.359. The number of nitrogens with zero attached hydrogens (tertiary/aromatic N) is 2. The van der Waals surface area contributed by atoms with E-state index in [1.54, 1.807) is 31.2 Å². The van der Waals surface area contributed by atoms with Crippen molar-refractivity contribution in [3.63, 3.8) is 0 Å². The smallest absolute Gasteiger partial charge is 0.264 e. The lowest BCUT2D eigenvalue weighted by Crippen LogP contribution is -2.52. The van der Waals surface area contributed by atoms with E-state index in [1.165, 1.54) is 17.0 Å². The van der Waals surface area contributed by atoms with Gasteiger partial charge >= 0.3 is 0 Å². The van der Waals surface area contributed by atoms with Crippen LogP contribution in [0.5, 0.6) is 0 Å². The molecule has 0 saturated heterocycles. The lowest BCUT2D eigenvalue weighted by atomic mass is 10.1. The first-order chi connectivity index (χ1) is 18.4. The lowest BCUT2D eigenvalue weighted by molar-refractivity contribution is -0.139. The summed E-state index contributed by atoms with van der Waals surface area (Å²) in [6, 6.07) is 20.4. The van der Waals surface area contributed by atoms with E-state index in [2.05, 4.69) is 5.32 Å². The third kappa shape index (κ3) is 7.26. The van der Waals surface area contributed by atoms with Gasteiger partial charge in [-0.15, -0.1) is 0 Å². The fourth-order valence-electron chi connectivity index (χ4n) is 4.24. The van der Waals surface area contributed by atoms with Crippen LogP contribution in [0, 0.1) is 20.8 Å². The SMILES string of the molecule is CC[C@@H](C)NC(=O)[C@@H](C)N(Cc1ccccc1C)C(=O)CN(c1cc(C)ccc1C)S(=O)(=O)c1ccccc1. The molecule has 0 unspecified atom stereocenters. The van der Waals surface area contributed by atoms with Gasteiger partial charge in [0.1, 0.15) is 12.6 Å². The maximum absolute atomic E-state index is 14.1. The minimum absolute atomic E-state index is 0.0553. The average molecular weight is 550 g/mol. The Bertz CT molecular complexity index is 1410. The summed E-state index contributed by atoms with van der Waals surface area (Å²) in [4.78, 5) is 28.8. The number of benzene rings is 3. The van der Waals surface area contributed by atoms with Gasteiger partial charge in [0.15, 0.2) is 0 Å². The van der Waals surface area contributed by atoms with Crippen LogP contribution in [0.1, 0.15) is 49.4 Å². The van der Waals surface area contributed by atoms with E-state index in [0.29, 0.717) is 5.69 Å². The molecule has 39 heavy (non-hydrogen) atoms. The first-order valence-electron chi connectivity index (χ1n) is 13.2. The van der Waals surface area contributed by atoms with Gasteiger partial charge in [0, 0.05) is 12.6 Å². The van der Waals surface area contributed by atoms with Gasteiger partial charge in [-0.2, -0.15) is 0 Å². The van der Waals surface area contributed by atoms with E-state index >= 15 is 0 Å². The zero-order valence-electron chi connectivity index (χ0n) is 23.6. The molecular formula is C31H39N3O4S. The summed E-state index contributed by atoms with van der Waals surface area (Å²) in [7, 11) is -4.09. The molecule has 0 radical (unpaired) electrons. The van der Waals surface area contributed by atoms with Crippen LogP contribution in [-0.4, -0.2) is 43.8 Å². The molecule has 3 aromatic rings. The number of anilines is 1. The Balaban J connectivity index is 2.07. The van der Waals surface area contributed by atoms with E-state index in [1.807, 2.05) is 71.0 Å². The van der Waals surface area contributed by atoms with Gasteiger partial charge in [-0.3, -0.25) is 13.9 Å². The second-order valence-electron chi connectivity index (χ2n) is 10.1. The lowest BCUT2D eigenvalue weighted by Gasteiger charge is -2.33. The number of aryl methyl sites for hydroxylation is 3. The third-order valence-corrected chi connectivity index (χ3v) is 8.79. The van der Waals surface area contributed by atoms with E-state index < -0.39 is 28.5 Å². The van der Waals surface area contributed by atoms with Crippen molar-refractivity contribution in [3.8, 4) is 0 Å². The number of amides is 2. The van der Waals surface area contributed by atoms with Gasteiger partial charge in [0.25, 0.3) is 10.0 Å². The number of sulfonamides is 1. The van der Waals surface area contributed by atoms with Crippen molar-refractivity contribution in [2.24, 2.45) is 0 Å². The van der Waals surface area contributed by atoms with Crippen LogP contribution >= 0.6 is 0 Å². The zero-order chi connectivity index (χ0) is 28.7. The maximum Gasteiger partial charge on any atom is 0.264 e. The van der Waals surface area contributed by atoms with Crippen molar-refractivity contribution >= 4 is 27.5 Å². The van der Waals surface area contributed by atoms with Crippen molar-refractivity contribution in [2.75, 3.05) is 10.8 Å². The molecule has 2 amide bonds. The molecule has 3 aromatic carbocycles. The van der Waals surface area contributed by atoms with Crippen molar-refractivity contribution in [1.82, 2.24) is 10.2 Å². The Morgan fingerprint density at radius 1 is 0.872 bits per heavy atom. The highest BCUT2D eigenvalue weighted by Crippen LogP contribution is 2.28. The number of hydrogen-bond acceptors (Lipinski definition) is 4. The molecule has 7 nitrogen and oxygen atoms in total. The maximum atomic E-state index is 14.1. The van der Waals surface area contributed by atoms with Crippen molar-refractivity contribution < 1.29 is 18.0 Å². The monoisotopic (exact) mass is 549 g/mol. The number of nitrogens with one attached hydrogen (secondary N) is 1. The average Bonchev–Trinajstić information content (AvgIpc) is 2.92. The molecule has 0 aliphatic heterocycles. The largest absolute Gasteiger partial charge is 0.352 e. The summed E-state index contributed by atoms with van der Waals surface area (Å²) in [5.41, 5.74) is 3.89. The normalized spacial score (nSPS) is 12.9. The van der Waals surface area contributed by atoms with E-state index in [9.17, 15) is 18.0 Å². The standard InChI is InChI=1S/C31H39N3O4S/c1-7-25(5)32-31(36)26(6)33(20-27-14-12-11-13-23(27)3)30(35)21-34(29-19-22(2)17-18-24(29)4)39(37,38)28-15-9-8-10-16-28/h8-19,25-26H,7,20-21H2,1-6H3,(H,32,36)/t25-,26-/m1/s1. The Morgan fingerprint density at radius 2 is 1.51 bits per heavy atom. The highest BCUT2D eigenvalue weighted by molar-refractivity contribution is 7.92. The van der Waals surface area contributed by atoms with Crippen LogP contribution in [0.3, 0.4) is 0 Å². The van der Waals surface area contributed by atoms with Gasteiger partial charge in [-0.1, -0.05) is 61.5 Å². The zero-order valence-corrected chi connectivity index (χ0v) is 24.5. The number of hydrogen-bond donors (Lipinski definition) is 1. The Kier molecular flexibility index (Phi) is 9.92. The molecule has 3 rings (SSSR count). The van der Waals surface area contributed by atoms with Crippen LogP contribution < -0.4 is 9.62 Å². The molecule has 0 aliphatic carbocycles. The van der Waals surface area contributed by atoms with Gasteiger partial charge in [0.05, 0.1) is 10.6 Å². The van der Waals surface area contributed by atoms with Crippen molar-refractivity contribution in [1.29, 1.82) is 0 Å². The molecule has 1 N–H and O–H groups in total.